The van der Waals surface area contributed by atoms with Crippen LogP contribution in [0.4, 0.5) is 11.4 Å². The average molecular weight is 302 g/mol. The highest BCUT2D eigenvalue weighted by molar-refractivity contribution is 6.30. The lowest BCUT2D eigenvalue weighted by atomic mass is 10.1. The van der Waals surface area contributed by atoms with Crippen LogP contribution in [0.3, 0.4) is 0 Å². The summed E-state index contributed by atoms with van der Waals surface area (Å²) < 4.78 is 0. The summed E-state index contributed by atoms with van der Waals surface area (Å²) in [5, 5.41) is 0.798. The second kappa shape index (κ2) is 6.37. The van der Waals surface area contributed by atoms with E-state index in [1.807, 2.05) is 18.2 Å². The van der Waals surface area contributed by atoms with E-state index in [0.717, 1.165) is 31.2 Å². The number of benzene rings is 2. The van der Waals surface area contributed by atoms with Gasteiger partial charge in [-0.1, -0.05) is 29.8 Å². The molecular formula is C17H20ClN3. The fourth-order valence-corrected chi connectivity index (χ4v) is 2.92. The van der Waals surface area contributed by atoms with Crippen LogP contribution < -0.4 is 15.5 Å². The van der Waals surface area contributed by atoms with Gasteiger partial charge in [-0.15, -0.1) is 0 Å². The van der Waals surface area contributed by atoms with E-state index in [1.165, 1.54) is 16.9 Å². The average Bonchev–Trinajstić information content (AvgIpc) is 2.55. The van der Waals surface area contributed by atoms with Gasteiger partial charge >= 0.3 is 0 Å². The predicted octanol–water partition coefficient (Wildman–Crippen LogP) is 3.13. The normalized spacial score (nSPS) is 15.3. The zero-order valence-corrected chi connectivity index (χ0v) is 12.8. The highest BCUT2D eigenvalue weighted by atomic mass is 35.5. The third-order valence-electron chi connectivity index (χ3n) is 3.99. The van der Waals surface area contributed by atoms with Crippen molar-refractivity contribution in [1.29, 1.82) is 0 Å². The Labute approximate surface area is 130 Å². The lowest BCUT2D eigenvalue weighted by molar-refractivity contribution is 0.653. The van der Waals surface area contributed by atoms with E-state index >= 15 is 0 Å². The standard InChI is InChI=1S/C17H20ClN3/c18-15-2-1-3-17(12-15)21-10-8-20(9-11-21)16-6-4-14(13-19)5-7-16/h1-7,12H,8-11,13,19H2. The zero-order valence-electron chi connectivity index (χ0n) is 12.0. The smallest absolute Gasteiger partial charge is 0.0426 e. The second-order valence-electron chi connectivity index (χ2n) is 5.32. The van der Waals surface area contributed by atoms with Crippen molar-refractivity contribution in [1.82, 2.24) is 0 Å². The molecule has 0 amide bonds. The lowest BCUT2D eigenvalue weighted by Gasteiger charge is -2.37. The summed E-state index contributed by atoms with van der Waals surface area (Å²) in [7, 11) is 0. The summed E-state index contributed by atoms with van der Waals surface area (Å²) >= 11 is 6.07. The number of nitrogens with zero attached hydrogens (tertiary/aromatic N) is 2. The third kappa shape index (κ3) is 3.31. The number of halogens is 1. The Morgan fingerprint density at radius 3 is 2.05 bits per heavy atom. The number of hydrogen-bond donors (Lipinski definition) is 1. The van der Waals surface area contributed by atoms with Crippen LogP contribution >= 0.6 is 11.6 Å². The lowest BCUT2D eigenvalue weighted by Crippen LogP contribution is -2.46. The van der Waals surface area contributed by atoms with Crippen molar-refractivity contribution in [2.75, 3.05) is 36.0 Å². The summed E-state index contributed by atoms with van der Waals surface area (Å²) in [6.45, 7) is 4.67. The van der Waals surface area contributed by atoms with Gasteiger partial charge in [0.25, 0.3) is 0 Å². The van der Waals surface area contributed by atoms with Crippen molar-refractivity contribution in [3.05, 3.63) is 59.1 Å². The molecular weight excluding hydrogens is 282 g/mol. The molecule has 0 atom stereocenters. The summed E-state index contributed by atoms with van der Waals surface area (Å²) in [6.07, 6.45) is 0. The first-order chi connectivity index (χ1) is 10.3. The van der Waals surface area contributed by atoms with E-state index in [2.05, 4.69) is 40.1 Å². The molecule has 0 saturated carbocycles. The molecule has 0 unspecified atom stereocenters. The van der Waals surface area contributed by atoms with Gasteiger partial charge in [0.1, 0.15) is 0 Å². The number of piperazine rings is 1. The topological polar surface area (TPSA) is 32.5 Å². The van der Waals surface area contributed by atoms with Crippen molar-refractivity contribution in [2.45, 2.75) is 6.54 Å². The molecule has 0 spiro atoms. The van der Waals surface area contributed by atoms with E-state index in [1.54, 1.807) is 0 Å². The summed E-state index contributed by atoms with van der Waals surface area (Å²) in [4.78, 5) is 4.80. The Morgan fingerprint density at radius 2 is 1.48 bits per heavy atom. The van der Waals surface area contributed by atoms with Gasteiger partial charge in [0.2, 0.25) is 0 Å². The Hall–Kier alpha value is -1.71. The molecule has 2 aromatic carbocycles. The van der Waals surface area contributed by atoms with Crippen molar-refractivity contribution in [3.63, 3.8) is 0 Å². The fourth-order valence-electron chi connectivity index (χ4n) is 2.74. The molecule has 21 heavy (non-hydrogen) atoms. The Morgan fingerprint density at radius 1 is 0.857 bits per heavy atom. The van der Waals surface area contributed by atoms with Crippen molar-refractivity contribution < 1.29 is 0 Å². The molecule has 1 heterocycles. The van der Waals surface area contributed by atoms with Crippen LogP contribution in [-0.4, -0.2) is 26.2 Å². The van der Waals surface area contributed by atoms with Crippen LogP contribution in [0, 0.1) is 0 Å². The first kappa shape index (κ1) is 14.2. The SMILES string of the molecule is NCc1ccc(N2CCN(c3cccc(Cl)c3)CC2)cc1. The predicted molar refractivity (Wildman–Crippen MR) is 90.2 cm³/mol. The van der Waals surface area contributed by atoms with Crippen LogP contribution in [0.1, 0.15) is 5.56 Å². The number of anilines is 2. The van der Waals surface area contributed by atoms with E-state index in [-0.39, 0.29) is 0 Å². The van der Waals surface area contributed by atoms with Gasteiger partial charge in [0, 0.05) is 49.1 Å². The summed E-state index contributed by atoms with van der Waals surface area (Å²) in [6, 6.07) is 16.6. The molecule has 2 N–H and O–H groups in total. The van der Waals surface area contributed by atoms with Crippen LogP contribution in [0.15, 0.2) is 48.5 Å². The minimum Gasteiger partial charge on any atom is -0.368 e. The van der Waals surface area contributed by atoms with Gasteiger partial charge in [-0.2, -0.15) is 0 Å². The molecule has 1 saturated heterocycles. The van der Waals surface area contributed by atoms with E-state index in [9.17, 15) is 0 Å². The first-order valence-electron chi connectivity index (χ1n) is 7.31. The maximum absolute atomic E-state index is 6.07. The maximum atomic E-state index is 6.07. The quantitative estimate of drug-likeness (QED) is 0.945. The van der Waals surface area contributed by atoms with Crippen LogP contribution in [0.5, 0.6) is 0 Å². The molecule has 1 aliphatic rings. The molecule has 3 nitrogen and oxygen atoms in total. The largest absolute Gasteiger partial charge is 0.368 e. The molecule has 0 bridgehead atoms. The van der Waals surface area contributed by atoms with Crippen LogP contribution in [0.2, 0.25) is 5.02 Å². The number of hydrogen-bond acceptors (Lipinski definition) is 3. The van der Waals surface area contributed by atoms with Crippen molar-refractivity contribution in [3.8, 4) is 0 Å². The van der Waals surface area contributed by atoms with Crippen LogP contribution in [0.25, 0.3) is 0 Å². The molecule has 1 aliphatic heterocycles. The number of rotatable bonds is 3. The van der Waals surface area contributed by atoms with Crippen molar-refractivity contribution >= 4 is 23.0 Å². The van der Waals surface area contributed by atoms with E-state index < -0.39 is 0 Å². The van der Waals surface area contributed by atoms with Gasteiger partial charge in [0.05, 0.1) is 0 Å². The Kier molecular flexibility index (Phi) is 4.32. The van der Waals surface area contributed by atoms with Gasteiger partial charge in [-0.05, 0) is 35.9 Å². The minimum absolute atomic E-state index is 0.600. The Bertz CT molecular complexity index is 589. The summed E-state index contributed by atoms with van der Waals surface area (Å²) in [5.41, 5.74) is 9.30. The molecule has 3 rings (SSSR count). The summed E-state index contributed by atoms with van der Waals surface area (Å²) in [5.74, 6) is 0. The molecule has 0 aliphatic carbocycles. The van der Waals surface area contributed by atoms with Gasteiger partial charge in [-0.3, -0.25) is 0 Å². The number of nitrogens with two attached hydrogens (primary N) is 1. The molecule has 0 aromatic heterocycles. The fraction of sp³-hybridized carbons (Fsp3) is 0.294. The highest BCUT2D eigenvalue weighted by Crippen LogP contribution is 2.23. The highest BCUT2D eigenvalue weighted by Gasteiger charge is 2.17. The molecule has 1 fully saturated rings. The zero-order chi connectivity index (χ0) is 14.7. The third-order valence-corrected chi connectivity index (χ3v) is 4.23. The monoisotopic (exact) mass is 301 g/mol. The second-order valence-corrected chi connectivity index (χ2v) is 5.76. The van der Waals surface area contributed by atoms with E-state index in [0.29, 0.717) is 6.54 Å². The molecule has 4 heteroatoms. The van der Waals surface area contributed by atoms with E-state index in [4.69, 9.17) is 17.3 Å². The van der Waals surface area contributed by atoms with Gasteiger partial charge in [-0.25, -0.2) is 0 Å². The molecule has 0 radical (unpaired) electrons. The maximum Gasteiger partial charge on any atom is 0.0426 e. The Balaban J connectivity index is 1.64. The van der Waals surface area contributed by atoms with Gasteiger partial charge in [0.15, 0.2) is 0 Å². The first-order valence-corrected chi connectivity index (χ1v) is 7.68. The molecule has 110 valence electrons. The van der Waals surface area contributed by atoms with Crippen LogP contribution in [-0.2, 0) is 6.54 Å². The van der Waals surface area contributed by atoms with Crippen molar-refractivity contribution in [2.24, 2.45) is 5.73 Å². The minimum atomic E-state index is 0.600. The van der Waals surface area contributed by atoms with Gasteiger partial charge < -0.3 is 15.5 Å². The molecule has 2 aromatic rings.